The van der Waals surface area contributed by atoms with E-state index in [0.29, 0.717) is 5.76 Å². The van der Waals surface area contributed by atoms with Crippen molar-refractivity contribution in [2.45, 2.75) is 17.9 Å². The van der Waals surface area contributed by atoms with Crippen LogP contribution in [0.2, 0.25) is 5.02 Å². The van der Waals surface area contributed by atoms with Gasteiger partial charge in [0.15, 0.2) is 16.4 Å². The van der Waals surface area contributed by atoms with Crippen molar-refractivity contribution in [3.63, 3.8) is 0 Å². The number of benzene rings is 1. The van der Waals surface area contributed by atoms with Crippen molar-refractivity contribution in [3.8, 4) is 0 Å². The molecule has 2 rings (SSSR count). The van der Waals surface area contributed by atoms with E-state index >= 15 is 0 Å². The maximum atomic E-state index is 12.1. The highest BCUT2D eigenvalue weighted by atomic mass is 35.5. The van der Waals surface area contributed by atoms with Crippen molar-refractivity contribution in [2.24, 2.45) is 0 Å². The van der Waals surface area contributed by atoms with Gasteiger partial charge < -0.3 is 14.5 Å². The molecule has 0 aliphatic heterocycles. The lowest BCUT2D eigenvalue weighted by Crippen LogP contribution is -2.31. The number of amides is 1. The Morgan fingerprint density at radius 3 is 2.64 bits per heavy atom. The number of nitrogens with one attached hydrogen (secondary N) is 1. The van der Waals surface area contributed by atoms with Crippen LogP contribution in [0.15, 0.2) is 45.9 Å². The van der Waals surface area contributed by atoms with E-state index in [9.17, 15) is 18.0 Å². The number of carbonyl (C=O) groups excluding carboxylic acids is 2. The molecular formula is C16H16ClNO6S. The van der Waals surface area contributed by atoms with Crippen LogP contribution >= 0.6 is 11.6 Å². The summed E-state index contributed by atoms with van der Waals surface area (Å²) in [4.78, 5) is 23.8. The monoisotopic (exact) mass is 385 g/mol. The molecule has 1 aromatic carbocycles. The summed E-state index contributed by atoms with van der Waals surface area (Å²) in [6.07, 6.45) is 2.49. The van der Waals surface area contributed by atoms with Crippen molar-refractivity contribution in [1.82, 2.24) is 5.32 Å². The van der Waals surface area contributed by atoms with Crippen LogP contribution in [0.4, 0.5) is 0 Å². The van der Waals surface area contributed by atoms with Crippen LogP contribution in [0, 0.1) is 0 Å². The van der Waals surface area contributed by atoms with Gasteiger partial charge in [0, 0.05) is 6.26 Å². The number of carbonyl (C=O) groups is 2. The third-order valence-electron chi connectivity index (χ3n) is 3.27. The van der Waals surface area contributed by atoms with Gasteiger partial charge in [-0.3, -0.25) is 4.79 Å². The van der Waals surface area contributed by atoms with Gasteiger partial charge >= 0.3 is 5.97 Å². The Kier molecular flexibility index (Phi) is 5.86. The third kappa shape index (κ3) is 5.07. The normalized spacial score (nSPS) is 12.4. The first-order valence-corrected chi connectivity index (χ1v) is 9.45. The lowest BCUT2D eigenvalue weighted by molar-refractivity contribution is -0.125. The summed E-state index contributed by atoms with van der Waals surface area (Å²) >= 11 is 5.90. The molecule has 0 bridgehead atoms. The lowest BCUT2D eigenvalue weighted by Gasteiger charge is -2.12. The topological polar surface area (TPSA) is 103 Å². The molecule has 1 heterocycles. The number of ether oxygens (including phenoxy) is 1. The van der Waals surface area contributed by atoms with Crippen molar-refractivity contribution in [2.75, 3.05) is 12.9 Å². The molecule has 9 heteroatoms. The number of sulfone groups is 1. The Bertz CT molecular complexity index is 876. The van der Waals surface area contributed by atoms with E-state index in [0.717, 1.165) is 12.3 Å². The van der Waals surface area contributed by atoms with Crippen molar-refractivity contribution in [3.05, 3.63) is 52.9 Å². The van der Waals surface area contributed by atoms with Crippen molar-refractivity contribution >= 4 is 33.3 Å². The second-order valence-corrected chi connectivity index (χ2v) is 7.72. The molecule has 0 spiro atoms. The van der Waals surface area contributed by atoms with Crippen LogP contribution in [0.1, 0.15) is 29.1 Å². The second-order valence-electron chi connectivity index (χ2n) is 5.29. The SMILES string of the molecule is C[C@H](NC(=O)COC(=O)c1cc(S(C)(=O)=O)ccc1Cl)c1ccco1. The zero-order chi connectivity index (χ0) is 18.6. The Hall–Kier alpha value is -2.32. The standard InChI is InChI=1S/C16H16ClNO6S/c1-10(14-4-3-7-23-14)18-15(19)9-24-16(20)12-8-11(25(2,21)22)5-6-13(12)17/h3-8,10H,9H2,1-2H3,(H,18,19)/t10-/m0/s1. The molecule has 7 nitrogen and oxygen atoms in total. The number of hydrogen-bond acceptors (Lipinski definition) is 6. The highest BCUT2D eigenvalue weighted by Gasteiger charge is 2.18. The van der Waals surface area contributed by atoms with Crippen LogP contribution in [-0.4, -0.2) is 33.2 Å². The largest absolute Gasteiger partial charge is 0.467 e. The first kappa shape index (κ1) is 19.0. The molecule has 0 fully saturated rings. The molecule has 134 valence electrons. The maximum absolute atomic E-state index is 12.1. The number of esters is 1. The molecule has 1 atom stereocenters. The number of halogens is 1. The van der Waals surface area contributed by atoms with Gasteiger partial charge in [-0.25, -0.2) is 13.2 Å². The molecule has 0 aliphatic rings. The lowest BCUT2D eigenvalue weighted by atomic mass is 10.2. The number of hydrogen-bond donors (Lipinski definition) is 1. The average Bonchev–Trinajstić information content (AvgIpc) is 3.06. The minimum Gasteiger partial charge on any atom is -0.467 e. The molecule has 1 amide bonds. The predicted molar refractivity (Wildman–Crippen MR) is 90.1 cm³/mol. The summed E-state index contributed by atoms with van der Waals surface area (Å²) in [7, 11) is -3.50. The second kappa shape index (κ2) is 7.71. The van der Waals surface area contributed by atoms with E-state index in [2.05, 4.69) is 5.32 Å². The molecule has 1 aromatic heterocycles. The van der Waals surface area contributed by atoms with Crippen molar-refractivity contribution in [1.29, 1.82) is 0 Å². The van der Waals surface area contributed by atoms with Gasteiger partial charge in [-0.05, 0) is 37.3 Å². The molecule has 0 saturated heterocycles. The van der Waals surface area contributed by atoms with E-state index < -0.39 is 34.4 Å². The van der Waals surface area contributed by atoms with Crippen LogP contribution in [-0.2, 0) is 19.4 Å². The molecular weight excluding hydrogens is 370 g/mol. The van der Waals surface area contributed by atoms with Gasteiger partial charge in [-0.2, -0.15) is 0 Å². The molecule has 0 aliphatic carbocycles. The first-order chi connectivity index (χ1) is 11.7. The van der Waals surface area contributed by atoms with E-state index in [1.54, 1.807) is 19.1 Å². The zero-order valence-electron chi connectivity index (χ0n) is 13.5. The van der Waals surface area contributed by atoms with E-state index in [4.69, 9.17) is 20.8 Å². The average molecular weight is 386 g/mol. The summed E-state index contributed by atoms with van der Waals surface area (Å²) in [5, 5.41) is 2.63. The highest BCUT2D eigenvalue weighted by molar-refractivity contribution is 7.90. The maximum Gasteiger partial charge on any atom is 0.340 e. The Morgan fingerprint density at radius 2 is 2.04 bits per heavy atom. The highest BCUT2D eigenvalue weighted by Crippen LogP contribution is 2.21. The molecule has 25 heavy (non-hydrogen) atoms. The Labute approximate surface area is 149 Å². The van der Waals surface area contributed by atoms with Gasteiger partial charge in [-0.1, -0.05) is 11.6 Å². The molecule has 0 radical (unpaired) electrons. The number of rotatable bonds is 6. The van der Waals surface area contributed by atoms with Crippen molar-refractivity contribution < 1.29 is 27.2 Å². The zero-order valence-corrected chi connectivity index (χ0v) is 15.1. The summed E-state index contributed by atoms with van der Waals surface area (Å²) in [5.41, 5.74) is -0.128. The number of furan rings is 1. The third-order valence-corrected chi connectivity index (χ3v) is 4.71. The minimum absolute atomic E-state index is 0.0294. The smallest absolute Gasteiger partial charge is 0.340 e. The van der Waals surface area contributed by atoms with Gasteiger partial charge in [0.05, 0.1) is 27.8 Å². The molecule has 0 unspecified atom stereocenters. The van der Waals surface area contributed by atoms with Crippen LogP contribution in [0.25, 0.3) is 0 Å². The fourth-order valence-electron chi connectivity index (χ4n) is 1.99. The van der Waals surface area contributed by atoms with E-state index in [1.165, 1.54) is 18.4 Å². The Balaban J connectivity index is 1.99. The summed E-state index contributed by atoms with van der Waals surface area (Å²) < 4.78 is 33.2. The fourth-order valence-corrected chi connectivity index (χ4v) is 2.83. The fraction of sp³-hybridized carbons (Fsp3) is 0.250. The summed E-state index contributed by atoms with van der Waals surface area (Å²) in [6, 6.07) is 6.68. The van der Waals surface area contributed by atoms with Gasteiger partial charge in [0.25, 0.3) is 5.91 Å². The van der Waals surface area contributed by atoms with E-state index in [-0.39, 0.29) is 15.5 Å². The van der Waals surface area contributed by atoms with Gasteiger partial charge in [-0.15, -0.1) is 0 Å². The van der Waals surface area contributed by atoms with Gasteiger partial charge in [0.2, 0.25) is 0 Å². The molecule has 0 saturated carbocycles. The van der Waals surface area contributed by atoms with E-state index in [1.807, 2.05) is 0 Å². The van der Waals surface area contributed by atoms with Crippen LogP contribution in [0.3, 0.4) is 0 Å². The molecule has 1 N–H and O–H groups in total. The molecule has 2 aromatic rings. The van der Waals surface area contributed by atoms with Crippen LogP contribution in [0.5, 0.6) is 0 Å². The van der Waals surface area contributed by atoms with Crippen LogP contribution < -0.4 is 5.32 Å². The Morgan fingerprint density at radius 1 is 1.32 bits per heavy atom. The minimum atomic E-state index is -3.50. The quantitative estimate of drug-likeness (QED) is 0.766. The van der Waals surface area contributed by atoms with Gasteiger partial charge in [0.1, 0.15) is 5.76 Å². The summed E-state index contributed by atoms with van der Waals surface area (Å²) in [6.45, 7) is 1.17. The first-order valence-electron chi connectivity index (χ1n) is 7.18. The summed E-state index contributed by atoms with van der Waals surface area (Å²) in [5.74, 6) is -0.868. The predicted octanol–water partition coefficient (Wildman–Crippen LogP) is 2.37.